The molecule has 3 N–H and O–H groups in total. The molecule has 0 bridgehead atoms. The number of rotatable bonds is 5. The summed E-state index contributed by atoms with van der Waals surface area (Å²) in [7, 11) is 0. The van der Waals surface area contributed by atoms with Crippen molar-refractivity contribution in [2.45, 2.75) is 44.7 Å². The second-order valence-corrected chi connectivity index (χ2v) is 4.58. The molecule has 0 saturated carbocycles. The molecule has 0 radical (unpaired) electrons. The van der Waals surface area contributed by atoms with Gasteiger partial charge < -0.3 is 15.6 Å². The molecule has 1 amide bonds. The zero-order chi connectivity index (χ0) is 12.1. The SMILES string of the molecule is CCCC1(C(=O)NCc2ncc[nH]2)CCCN1. The van der Waals surface area contributed by atoms with Gasteiger partial charge >= 0.3 is 0 Å². The molecule has 1 aromatic rings. The lowest BCUT2D eigenvalue weighted by atomic mass is 9.91. The third-order valence-corrected chi connectivity index (χ3v) is 3.33. The molecule has 2 heterocycles. The average molecular weight is 236 g/mol. The number of imidazole rings is 1. The molecule has 2 rings (SSSR count). The van der Waals surface area contributed by atoms with E-state index in [1.165, 1.54) is 0 Å². The third-order valence-electron chi connectivity index (χ3n) is 3.33. The van der Waals surface area contributed by atoms with Crippen LogP contribution in [0, 0.1) is 0 Å². The van der Waals surface area contributed by atoms with E-state index in [2.05, 4.69) is 27.5 Å². The number of amides is 1. The number of aromatic nitrogens is 2. The van der Waals surface area contributed by atoms with Gasteiger partial charge in [0.05, 0.1) is 12.1 Å². The van der Waals surface area contributed by atoms with Crippen molar-refractivity contribution >= 4 is 5.91 Å². The first-order chi connectivity index (χ1) is 8.27. The van der Waals surface area contributed by atoms with Crippen LogP contribution in [-0.4, -0.2) is 28.0 Å². The molecule has 94 valence electrons. The Bertz CT molecular complexity index is 355. The minimum Gasteiger partial charge on any atom is -0.347 e. The highest BCUT2D eigenvalue weighted by Crippen LogP contribution is 2.24. The van der Waals surface area contributed by atoms with Gasteiger partial charge in [0.15, 0.2) is 0 Å². The van der Waals surface area contributed by atoms with Crippen LogP contribution in [0.2, 0.25) is 0 Å². The first kappa shape index (κ1) is 12.1. The van der Waals surface area contributed by atoms with Crippen molar-refractivity contribution < 1.29 is 4.79 Å². The van der Waals surface area contributed by atoms with E-state index in [4.69, 9.17) is 0 Å². The highest BCUT2D eigenvalue weighted by Gasteiger charge is 2.39. The van der Waals surface area contributed by atoms with Crippen LogP contribution in [0.25, 0.3) is 0 Å². The zero-order valence-corrected chi connectivity index (χ0v) is 10.3. The van der Waals surface area contributed by atoms with Crippen molar-refractivity contribution in [3.63, 3.8) is 0 Å². The zero-order valence-electron chi connectivity index (χ0n) is 10.3. The molecule has 0 aromatic carbocycles. The Morgan fingerprint density at radius 3 is 3.12 bits per heavy atom. The molecular weight excluding hydrogens is 216 g/mol. The lowest BCUT2D eigenvalue weighted by Gasteiger charge is -2.27. The summed E-state index contributed by atoms with van der Waals surface area (Å²) in [6.45, 7) is 3.52. The first-order valence-electron chi connectivity index (χ1n) is 6.28. The van der Waals surface area contributed by atoms with Gasteiger partial charge in [-0.3, -0.25) is 4.79 Å². The monoisotopic (exact) mass is 236 g/mol. The van der Waals surface area contributed by atoms with Crippen molar-refractivity contribution in [3.05, 3.63) is 18.2 Å². The Labute approximate surface area is 101 Å². The summed E-state index contributed by atoms with van der Waals surface area (Å²) in [5, 5.41) is 6.32. The highest BCUT2D eigenvalue weighted by molar-refractivity contribution is 5.86. The summed E-state index contributed by atoms with van der Waals surface area (Å²) in [4.78, 5) is 19.3. The van der Waals surface area contributed by atoms with E-state index >= 15 is 0 Å². The number of carbonyl (C=O) groups is 1. The summed E-state index contributed by atoms with van der Waals surface area (Å²) >= 11 is 0. The topological polar surface area (TPSA) is 69.8 Å². The summed E-state index contributed by atoms with van der Waals surface area (Å²) in [5.41, 5.74) is -0.346. The molecule has 1 atom stereocenters. The van der Waals surface area contributed by atoms with Crippen molar-refractivity contribution in [1.82, 2.24) is 20.6 Å². The maximum atomic E-state index is 12.2. The van der Waals surface area contributed by atoms with Crippen LogP contribution in [0.15, 0.2) is 12.4 Å². The van der Waals surface area contributed by atoms with Crippen molar-refractivity contribution in [2.75, 3.05) is 6.54 Å². The second-order valence-electron chi connectivity index (χ2n) is 4.58. The molecule has 17 heavy (non-hydrogen) atoms. The maximum Gasteiger partial charge on any atom is 0.240 e. The minimum absolute atomic E-state index is 0.105. The van der Waals surface area contributed by atoms with Crippen LogP contribution in [0.3, 0.4) is 0 Å². The van der Waals surface area contributed by atoms with Gasteiger partial charge in [-0.1, -0.05) is 13.3 Å². The van der Waals surface area contributed by atoms with Gasteiger partial charge in [0.25, 0.3) is 0 Å². The Balaban J connectivity index is 1.92. The molecule has 0 spiro atoms. The number of nitrogens with one attached hydrogen (secondary N) is 3. The lowest BCUT2D eigenvalue weighted by molar-refractivity contribution is -0.127. The van der Waals surface area contributed by atoms with Gasteiger partial charge in [-0.15, -0.1) is 0 Å². The largest absolute Gasteiger partial charge is 0.347 e. The molecule has 5 nitrogen and oxygen atoms in total. The first-order valence-corrected chi connectivity index (χ1v) is 6.28. The number of nitrogens with zero attached hydrogens (tertiary/aromatic N) is 1. The molecular formula is C12H20N4O. The van der Waals surface area contributed by atoms with Gasteiger partial charge in [0, 0.05) is 12.4 Å². The number of hydrogen-bond acceptors (Lipinski definition) is 3. The van der Waals surface area contributed by atoms with Gasteiger partial charge in [-0.05, 0) is 25.8 Å². The van der Waals surface area contributed by atoms with E-state index in [0.29, 0.717) is 6.54 Å². The molecule has 1 saturated heterocycles. The smallest absolute Gasteiger partial charge is 0.240 e. The fourth-order valence-electron chi connectivity index (χ4n) is 2.48. The quantitative estimate of drug-likeness (QED) is 0.713. The van der Waals surface area contributed by atoms with Crippen LogP contribution < -0.4 is 10.6 Å². The average Bonchev–Trinajstić information content (AvgIpc) is 2.97. The van der Waals surface area contributed by atoms with Crippen LogP contribution in [-0.2, 0) is 11.3 Å². The summed E-state index contributed by atoms with van der Waals surface area (Å²) in [6.07, 6.45) is 7.38. The summed E-state index contributed by atoms with van der Waals surface area (Å²) in [6, 6.07) is 0. The minimum atomic E-state index is -0.346. The fraction of sp³-hybridized carbons (Fsp3) is 0.667. The number of H-pyrrole nitrogens is 1. The molecule has 1 unspecified atom stereocenters. The number of hydrogen-bond donors (Lipinski definition) is 3. The van der Waals surface area contributed by atoms with Crippen LogP contribution >= 0.6 is 0 Å². The Morgan fingerprint density at radius 2 is 2.53 bits per heavy atom. The number of carbonyl (C=O) groups excluding carboxylic acids is 1. The van der Waals surface area contributed by atoms with E-state index in [9.17, 15) is 4.79 Å². The molecule has 1 aromatic heterocycles. The van der Waals surface area contributed by atoms with Gasteiger partial charge in [0.2, 0.25) is 5.91 Å². The van der Waals surface area contributed by atoms with Crippen LogP contribution in [0.5, 0.6) is 0 Å². The Morgan fingerprint density at radius 1 is 1.65 bits per heavy atom. The maximum absolute atomic E-state index is 12.2. The van der Waals surface area contributed by atoms with Crippen LogP contribution in [0.1, 0.15) is 38.4 Å². The molecule has 5 heteroatoms. The fourth-order valence-corrected chi connectivity index (χ4v) is 2.48. The highest BCUT2D eigenvalue weighted by atomic mass is 16.2. The molecule has 1 aliphatic rings. The van der Waals surface area contributed by atoms with Gasteiger partial charge in [-0.25, -0.2) is 4.98 Å². The normalized spacial score (nSPS) is 23.8. The van der Waals surface area contributed by atoms with E-state index in [-0.39, 0.29) is 11.4 Å². The van der Waals surface area contributed by atoms with E-state index < -0.39 is 0 Å². The number of aromatic amines is 1. The van der Waals surface area contributed by atoms with Crippen LogP contribution in [0.4, 0.5) is 0 Å². The van der Waals surface area contributed by atoms with Crippen molar-refractivity contribution in [3.8, 4) is 0 Å². The van der Waals surface area contributed by atoms with Gasteiger partial charge in [0.1, 0.15) is 5.82 Å². The standard InChI is InChI=1S/C12H20N4O/c1-2-4-12(5-3-6-16-12)11(17)15-9-10-13-7-8-14-10/h7-8,16H,2-6,9H2,1H3,(H,13,14)(H,15,17). The summed E-state index contributed by atoms with van der Waals surface area (Å²) in [5.74, 6) is 0.899. The van der Waals surface area contributed by atoms with E-state index in [1.54, 1.807) is 12.4 Å². The molecule has 1 aliphatic heterocycles. The van der Waals surface area contributed by atoms with Crippen molar-refractivity contribution in [1.29, 1.82) is 0 Å². The second kappa shape index (κ2) is 5.31. The van der Waals surface area contributed by atoms with E-state index in [0.717, 1.165) is 38.1 Å². The lowest BCUT2D eigenvalue weighted by Crippen LogP contribution is -2.53. The summed E-state index contributed by atoms with van der Waals surface area (Å²) < 4.78 is 0. The predicted octanol–water partition coefficient (Wildman–Crippen LogP) is 0.948. The predicted molar refractivity (Wildman–Crippen MR) is 65.3 cm³/mol. The third kappa shape index (κ3) is 2.66. The Hall–Kier alpha value is -1.36. The van der Waals surface area contributed by atoms with E-state index in [1.807, 2.05) is 0 Å². The van der Waals surface area contributed by atoms with Crippen molar-refractivity contribution in [2.24, 2.45) is 0 Å². The molecule has 1 fully saturated rings. The Kier molecular flexibility index (Phi) is 3.78. The van der Waals surface area contributed by atoms with Gasteiger partial charge in [-0.2, -0.15) is 0 Å². The molecule has 0 aliphatic carbocycles.